The molecule has 1 unspecified atom stereocenters. The molecule has 0 amide bonds. The van der Waals surface area contributed by atoms with Crippen molar-refractivity contribution >= 4 is 12.6 Å². The number of thiol groups is 1. The Balaban J connectivity index is 1.99. The van der Waals surface area contributed by atoms with Gasteiger partial charge in [-0.3, -0.25) is 4.90 Å². The third-order valence-corrected chi connectivity index (χ3v) is 4.02. The lowest BCUT2D eigenvalue weighted by Gasteiger charge is -2.24. The van der Waals surface area contributed by atoms with Crippen LogP contribution in [-0.2, 0) is 6.54 Å². The van der Waals surface area contributed by atoms with Crippen molar-refractivity contribution in [2.75, 3.05) is 25.4 Å². The molecule has 1 aliphatic heterocycles. The Morgan fingerprint density at radius 2 is 2.22 bits per heavy atom. The van der Waals surface area contributed by atoms with Crippen molar-refractivity contribution in [2.45, 2.75) is 26.3 Å². The summed E-state index contributed by atoms with van der Waals surface area (Å²) in [5, 5.41) is 0. The summed E-state index contributed by atoms with van der Waals surface area (Å²) in [7, 11) is 0. The SMILES string of the molecule is CCCC(CS)CN1CCOc2ccccc2C1. The normalized spacial score (nSPS) is 17.7. The molecule has 1 aliphatic rings. The van der Waals surface area contributed by atoms with Crippen LogP contribution in [0.15, 0.2) is 24.3 Å². The van der Waals surface area contributed by atoms with Gasteiger partial charge in [0.1, 0.15) is 12.4 Å². The molecule has 18 heavy (non-hydrogen) atoms. The molecule has 0 bridgehead atoms. The van der Waals surface area contributed by atoms with Crippen molar-refractivity contribution in [1.29, 1.82) is 0 Å². The molecule has 2 nitrogen and oxygen atoms in total. The molecule has 0 saturated carbocycles. The molecule has 1 aromatic rings. The van der Waals surface area contributed by atoms with E-state index in [2.05, 4.69) is 42.7 Å². The van der Waals surface area contributed by atoms with Gasteiger partial charge in [0.15, 0.2) is 0 Å². The average Bonchev–Trinajstić information content (AvgIpc) is 2.59. The molecule has 1 heterocycles. The van der Waals surface area contributed by atoms with E-state index in [-0.39, 0.29) is 0 Å². The van der Waals surface area contributed by atoms with Gasteiger partial charge in [0.25, 0.3) is 0 Å². The van der Waals surface area contributed by atoms with Crippen LogP contribution in [0.1, 0.15) is 25.3 Å². The van der Waals surface area contributed by atoms with Gasteiger partial charge in [0.2, 0.25) is 0 Å². The molecule has 100 valence electrons. The summed E-state index contributed by atoms with van der Waals surface area (Å²) in [5.74, 6) is 2.73. The molecule has 1 atom stereocenters. The fourth-order valence-electron chi connectivity index (χ4n) is 2.55. The Morgan fingerprint density at radius 1 is 1.39 bits per heavy atom. The lowest BCUT2D eigenvalue weighted by molar-refractivity contribution is 0.200. The minimum atomic E-state index is 0.698. The van der Waals surface area contributed by atoms with Gasteiger partial charge in [-0.25, -0.2) is 0 Å². The van der Waals surface area contributed by atoms with Gasteiger partial charge in [-0.1, -0.05) is 31.5 Å². The van der Waals surface area contributed by atoms with E-state index >= 15 is 0 Å². The highest BCUT2D eigenvalue weighted by Crippen LogP contribution is 2.23. The van der Waals surface area contributed by atoms with E-state index in [1.54, 1.807) is 0 Å². The zero-order valence-corrected chi connectivity index (χ0v) is 12.0. The second-order valence-electron chi connectivity index (χ2n) is 5.03. The third kappa shape index (κ3) is 3.66. The number of fused-ring (bicyclic) bond motifs is 1. The van der Waals surface area contributed by atoms with Crippen molar-refractivity contribution in [3.05, 3.63) is 29.8 Å². The Kier molecular flexibility index (Phi) is 5.39. The van der Waals surface area contributed by atoms with Gasteiger partial charge in [-0.05, 0) is 24.2 Å². The molecular weight excluding hydrogens is 242 g/mol. The van der Waals surface area contributed by atoms with Crippen LogP contribution in [0.2, 0.25) is 0 Å². The summed E-state index contributed by atoms with van der Waals surface area (Å²) in [6.45, 7) is 6.20. The second kappa shape index (κ2) is 7.05. The lowest BCUT2D eigenvalue weighted by Crippen LogP contribution is -2.31. The Bertz CT molecular complexity index is 369. The van der Waals surface area contributed by atoms with Gasteiger partial charge in [-0.15, -0.1) is 0 Å². The van der Waals surface area contributed by atoms with Crippen LogP contribution < -0.4 is 4.74 Å². The predicted octanol–water partition coefficient (Wildman–Crippen LogP) is 3.23. The molecule has 0 aliphatic carbocycles. The third-order valence-electron chi connectivity index (χ3n) is 3.50. The standard InChI is InChI=1S/C15H23NOS/c1-2-5-13(12-18)10-16-8-9-17-15-7-4-3-6-14(15)11-16/h3-4,6-7,13,18H,2,5,8-12H2,1H3. The predicted molar refractivity (Wildman–Crippen MR) is 79.5 cm³/mol. The molecule has 2 rings (SSSR count). The first-order valence-electron chi connectivity index (χ1n) is 6.87. The van der Waals surface area contributed by atoms with Crippen LogP contribution >= 0.6 is 12.6 Å². The minimum absolute atomic E-state index is 0.698. The highest BCUT2D eigenvalue weighted by Gasteiger charge is 2.17. The van der Waals surface area contributed by atoms with Gasteiger partial charge < -0.3 is 4.74 Å². The zero-order valence-electron chi connectivity index (χ0n) is 11.1. The second-order valence-corrected chi connectivity index (χ2v) is 5.39. The Hall–Kier alpha value is -0.670. The number of hydrogen-bond acceptors (Lipinski definition) is 3. The summed E-state index contributed by atoms with van der Waals surface area (Å²) >= 11 is 4.47. The summed E-state index contributed by atoms with van der Waals surface area (Å²) in [6.07, 6.45) is 2.51. The molecule has 0 N–H and O–H groups in total. The van der Waals surface area contributed by atoms with Crippen LogP contribution in [0, 0.1) is 5.92 Å². The van der Waals surface area contributed by atoms with E-state index in [1.165, 1.54) is 18.4 Å². The Labute approximate surface area is 116 Å². The van der Waals surface area contributed by atoms with Crippen molar-refractivity contribution in [3.63, 3.8) is 0 Å². The van der Waals surface area contributed by atoms with E-state index in [0.29, 0.717) is 5.92 Å². The fraction of sp³-hybridized carbons (Fsp3) is 0.600. The number of hydrogen-bond donors (Lipinski definition) is 1. The maximum absolute atomic E-state index is 5.79. The highest BCUT2D eigenvalue weighted by atomic mass is 32.1. The Morgan fingerprint density at radius 3 is 3.00 bits per heavy atom. The summed E-state index contributed by atoms with van der Waals surface area (Å²) in [4.78, 5) is 2.50. The first-order valence-corrected chi connectivity index (χ1v) is 7.50. The van der Waals surface area contributed by atoms with Crippen molar-refractivity contribution < 1.29 is 4.74 Å². The van der Waals surface area contributed by atoms with Crippen molar-refractivity contribution in [1.82, 2.24) is 4.90 Å². The number of para-hydroxylation sites is 1. The van der Waals surface area contributed by atoms with Crippen LogP contribution in [-0.4, -0.2) is 30.3 Å². The molecule has 3 heteroatoms. The quantitative estimate of drug-likeness (QED) is 0.821. The summed E-state index contributed by atoms with van der Waals surface area (Å²) in [6, 6.07) is 8.38. The zero-order chi connectivity index (χ0) is 12.8. The first-order chi connectivity index (χ1) is 8.83. The number of ether oxygens (including phenoxy) is 1. The number of benzene rings is 1. The summed E-state index contributed by atoms with van der Waals surface area (Å²) < 4.78 is 5.79. The largest absolute Gasteiger partial charge is 0.492 e. The molecule has 0 fully saturated rings. The van der Waals surface area contributed by atoms with Gasteiger partial charge in [-0.2, -0.15) is 12.6 Å². The molecule has 1 aromatic carbocycles. The highest BCUT2D eigenvalue weighted by molar-refractivity contribution is 7.80. The van der Waals surface area contributed by atoms with Crippen LogP contribution in [0.25, 0.3) is 0 Å². The maximum Gasteiger partial charge on any atom is 0.123 e. The van der Waals surface area contributed by atoms with Crippen molar-refractivity contribution in [3.8, 4) is 5.75 Å². The monoisotopic (exact) mass is 265 g/mol. The number of nitrogens with zero attached hydrogens (tertiary/aromatic N) is 1. The molecule has 0 radical (unpaired) electrons. The fourth-order valence-corrected chi connectivity index (χ4v) is 2.85. The summed E-state index contributed by atoms with van der Waals surface area (Å²) in [5.41, 5.74) is 1.31. The van der Waals surface area contributed by atoms with E-state index in [0.717, 1.165) is 37.7 Å². The molecular formula is C15H23NOS. The van der Waals surface area contributed by atoms with Gasteiger partial charge >= 0.3 is 0 Å². The van der Waals surface area contributed by atoms with Crippen molar-refractivity contribution in [2.24, 2.45) is 5.92 Å². The van der Waals surface area contributed by atoms with Crippen LogP contribution in [0.3, 0.4) is 0 Å². The first kappa shape index (κ1) is 13.8. The average molecular weight is 265 g/mol. The van der Waals surface area contributed by atoms with E-state index < -0.39 is 0 Å². The molecule has 0 aromatic heterocycles. The van der Waals surface area contributed by atoms with E-state index in [4.69, 9.17) is 4.74 Å². The van der Waals surface area contributed by atoms with E-state index in [1.807, 2.05) is 6.07 Å². The minimum Gasteiger partial charge on any atom is -0.492 e. The smallest absolute Gasteiger partial charge is 0.123 e. The molecule has 0 spiro atoms. The van der Waals surface area contributed by atoms with Crippen LogP contribution in [0.4, 0.5) is 0 Å². The molecule has 0 saturated heterocycles. The van der Waals surface area contributed by atoms with Crippen LogP contribution in [0.5, 0.6) is 5.75 Å². The number of rotatable bonds is 5. The van der Waals surface area contributed by atoms with Gasteiger partial charge in [0.05, 0.1) is 0 Å². The van der Waals surface area contributed by atoms with Gasteiger partial charge in [0, 0.05) is 25.2 Å². The topological polar surface area (TPSA) is 12.5 Å². The van der Waals surface area contributed by atoms with E-state index in [9.17, 15) is 0 Å². The maximum atomic E-state index is 5.79. The lowest BCUT2D eigenvalue weighted by atomic mass is 10.0.